The van der Waals surface area contributed by atoms with E-state index in [1.54, 1.807) is 6.07 Å². The highest BCUT2D eigenvalue weighted by Gasteiger charge is 2.36. The molecule has 3 nitrogen and oxygen atoms in total. The van der Waals surface area contributed by atoms with Crippen LogP contribution < -0.4 is 0 Å². The molecular weight excluding hydrogens is 298 g/mol. The van der Waals surface area contributed by atoms with Crippen molar-refractivity contribution in [2.24, 2.45) is 0 Å². The van der Waals surface area contributed by atoms with Gasteiger partial charge in [-0.1, -0.05) is 66.2 Å². The van der Waals surface area contributed by atoms with Gasteiger partial charge in [0.1, 0.15) is 0 Å². The SMILES string of the molecule is O=[N+]([O-])C1CC=C(c2ccccc2)CC1c1ccccc1Cl. The van der Waals surface area contributed by atoms with Crippen LogP contribution in [0.5, 0.6) is 0 Å². The van der Waals surface area contributed by atoms with Gasteiger partial charge in [-0.3, -0.25) is 10.1 Å². The van der Waals surface area contributed by atoms with Crippen molar-refractivity contribution in [2.45, 2.75) is 24.8 Å². The second-order valence-corrected chi connectivity index (χ2v) is 5.92. The number of allylic oxidation sites excluding steroid dienone is 1. The van der Waals surface area contributed by atoms with Crippen LogP contribution >= 0.6 is 11.6 Å². The minimum absolute atomic E-state index is 0.174. The van der Waals surface area contributed by atoms with Gasteiger partial charge in [-0.25, -0.2) is 0 Å². The van der Waals surface area contributed by atoms with Gasteiger partial charge in [0.2, 0.25) is 6.04 Å². The van der Waals surface area contributed by atoms with E-state index in [0.29, 0.717) is 17.9 Å². The van der Waals surface area contributed by atoms with Gasteiger partial charge >= 0.3 is 0 Å². The Morgan fingerprint density at radius 1 is 1.05 bits per heavy atom. The number of hydrogen-bond donors (Lipinski definition) is 0. The molecule has 2 aromatic rings. The maximum Gasteiger partial charge on any atom is 0.223 e. The van der Waals surface area contributed by atoms with Crippen LogP contribution in [0.3, 0.4) is 0 Å². The van der Waals surface area contributed by atoms with Crippen LogP contribution in [0.1, 0.15) is 29.9 Å². The molecule has 1 aliphatic rings. The summed E-state index contributed by atoms with van der Waals surface area (Å²) in [5, 5.41) is 12.0. The summed E-state index contributed by atoms with van der Waals surface area (Å²) in [7, 11) is 0. The van der Waals surface area contributed by atoms with Crippen LogP contribution in [-0.4, -0.2) is 11.0 Å². The van der Waals surface area contributed by atoms with E-state index in [4.69, 9.17) is 11.6 Å². The Labute approximate surface area is 134 Å². The summed E-state index contributed by atoms with van der Waals surface area (Å²) in [6, 6.07) is 16.9. The smallest absolute Gasteiger partial charge is 0.223 e. The quantitative estimate of drug-likeness (QED) is 0.594. The van der Waals surface area contributed by atoms with Gasteiger partial charge in [0.15, 0.2) is 0 Å². The van der Waals surface area contributed by atoms with Gasteiger partial charge in [-0.2, -0.15) is 0 Å². The maximum atomic E-state index is 11.4. The van der Waals surface area contributed by atoms with Gasteiger partial charge in [-0.15, -0.1) is 0 Å². The number of halogens is 1. The Morgan fingerprint density at radius 2 is 1.73 bits per heavy atom. The van der Waals surface area contributed by atoms with Crippen molar-refractivity contribution < 1.29 is 4.92 Å². The molecule has 112 valence electrons. The molecule has 0 N–H and O–H groups in total. The topological polar surface area (TPSA) is 43.1 Å². The minimum atomic E-state index is -0.618. The van der Waals surface area contributed by atoms with E-state index in [0.717, 1.165) is 16.7 Å². The lowest BCUT2D eigenvalue weighted by Gasteiger charge is -2.27. The Hall–Kier alpha value is -2.13. The van der Waals surface area contributed by atoms with E-state index in [-0.39, 0.29) is 10.8 Å². The first-order chi connectivity index (χ1) is 10.7. The average Bonchev–Trinajstić information content (AvgIpc) is 2.55. The highest BCUT2D eigenvalue weighted by Crippen LogP contribution is 2.40. The van der Waals surface area contributed by atoms with Crippen molar-refractivity contribution in [3.8, 4) is 0 Å². The summed E-state index contributed by atoms with van der Waals surface area (Å²) in [6.07, 6.45) is 3.07. The number of hydrogen-bond acceptors (Lipinski definition) is 2. The highest BCUT2D eigenvalue weighted by atomic mass is 35.5. The molecule has 0 aliphatic heterocycles. The monoisotopic (exact) mass is 313 g/mol. The molecule has 4 heteroatoms. The summed E-state index contributed by atoms with van der Waals surface area (Å²) in [5.74, 6) is -0.191. The molecule has 0 spiro atoms. The summed E-state index contributed by atoms with van der Waals surface area (Å²) in [4.78, 5) is 11.3. The lowest BCUT2D eigenvalue weighted by molar-refractivity contribution is -0.526. The van der Waals surface area contributed by atoms with E-state index in [9.17, 15) is 10.1 Å². The van der Waals surface area contributed by atoms with E-state index in [1.165, 1.54) is 0 Å². The van der Waals surface area contributed by atoms with Gasteiger partial charge in [0.05, 0.1) is 5.92 Å². The van der Waals surface area contributed by atoms with Crippen LogP contribution in [0.4, 0.5) is 0 Å². The molecule has 0 saturated heterocycles. The Bertz CT molecular complexity index is 712. The standard InChI is InChI=1S/C18H16ClNO2/c19-17-9-5-4-8-15(17)16-12-14(10-11-18(16)20(21)22)13-6-2-1-3-7-13/h1-10,16,18H,11-12H2. The average molecular weight is 314 g/mol. The molecule has 2 aromatic carbocycles. The minimum Gasteiger partial charge on any atom is -0.264 e. The second-order valence-electron chi connectivity index (χ2n) is 5.52. The molecule has 3 rings (SSSR count). The zero-order chi connectivity index (χ0) is 15.5. The van der Waals surface area contributed by atoms with Crippen molar-refractivity contribution >= 4 is 17.2 Å². The van der Waals surface area contributed by atoms with Crippen molar-refractivity contribution in [2.75, 3.05) is 0 Å². The number of rotatable bonds is 3. The van der Waals surface area contributed by atoms with Gasteiger partial charge in [0.25, 0.3) is 0 Å². The Balaban J connectivity index is 1.98. The molecule has 1 aliphatic carbocycles. The maximum absolute atomic E-state index is 11.4. The molecule has 0 bridgehead atoms. The molecule has 0 fully saturated rings. The lowest BCUT2D eigenvalue weighted by atomic mass is 9.78. The molecule has 0 saturated carbocycles. The van der Waals surface area contributed by atoms with E-state index < -0.39 is 6.04 Å². The summed E-state index contributed by atoms with van der Waals surface area (Å²) < 4.78 is 0. The van der Waals surface area contributed by atoms with E-state index >= 15 is 0 Å². The molecule has 0 aromatic heterocycles. The molecule has 22 heavy (non-hydrogen) atoms. The fourth-order valence-electron chi connectivity index (χ4n) is 3.10. The normalized spacial score (nSPS) is 21.2. The number of benzene rings is 2. The van der Waals surface area contributed by atoms with Crippen molar-refractivity contribution in [1.29, 1.82) is 0 Å². The Kier molecular flexibility index (Phi) is 4.25. The van der Waals surface area contributed by atoms with Crippen LogP contribution in [0.15, 0.2) is 60.7 Å². The molecule has 0 amide bonds. The molecule has 0 radical (unpaired) electrons. The second kappa shape index (κ2) is 6.32. The third-order valence-electron chi connectivity index (χ3n) is 4.23. The summed E-state index contributed by atoms with van der Waals surface area (Å²) in [6.45, 7) is 0. The third kappa shape index (κ3) is 2.90. The largest absolute Gasteiger partial charge is 0.264 e. The predicted molar refractivity (Wildman–Crippen MR) is 88.6 cm³/mol. The zero-order valence-corrected chi connectivity index (χ0v) is 12.7. The fourth-order valence-corrected chi connectivity index (χ4v) is 3.37. The summed E-state index contributed by atoms with van der Waals surface area (Å²) >= 11 is 6.28. The predicted octanol–water partition coefficient (Wildman–Crippen LogP) is 4.95. The van der Waals surface area contributed by atoms with Crippen LogP contribution in [0.2, 0.25) is 5.02 Å². The number of nitro groups is 1. The van der Waals surface area contributed by atoms with Gasteiger partial charge < -0.3 is 0 Å². The van der Waals surface area contributed by atoms with Crippen molar-refractivity contribution in [3.05, 3.63) is 86.9 Å². The first-order valence-corrected chi connectivity index (χ1v) is 7.67. The highest BCUT2D eigenvalue weighted by molar-refractivity contribution is 6.31. The van der Waals surface area contributed by atoms with E-state index in [2.05, 4.69) is 0 Å². The van der Waals surface area contributed by atoms with Crippen molar-refractivity contribution in [1.82, 2.24) is 0 Å². The number of nitrogens with zero attached hydrogens (tertiary/aromatic N) is 1. The van der Waals surface area contributed by atoms with Crippen molar-refractivity contribution in [3.63, 3.8) is 0 Å². The van der Waals surface area contributed by atoms with E-state index in [1.807, 2.05) is 54.6 Å². The summed E-state index contributed by atoms with van der Waals surface area (Å²) in [5.41, 5.74) is 3.15. The third-order valence-corrected chi connectivity index (χ3v) is 4.57. The lowest BCUT2D eigenvalue weighted by Crippen LogP contribution is -2.30. The zero-order valence-electron chi connectivity index (χ0n) is 12.0. The molecular formula is C18H16ClNO2. The van der Waals surface area contributed by atoms with Crippen LogP contribution in [0.25, 0.3) is 5.57 Å². The van der Waals surface area contributed by atoms with Gasteiger partial charge in [0, 0.05) is 16.4 Å². The molecule has 0 heterocycles. The van der Waals surface area contributed by atoms with Crippen LogP contribution in [0, 0.1) is 10.1 Å². The molecule has 2 unspecified atom stereocenters. The first-order valence-electron chi connectivity index (χ1n) is 7.29. The molecule has 2 atom stereocenters. The fraction of sp³-hybridized carbons (Fsp3) is 0.222. The Morgan fingerprint density at radius 3 is 2.41 bits per heavy atom. The van der Waals surface area contributed by atoms with Crippen LogP contribution in [-0.2, 0) is 0 Å². The van der Waals surface area contributed by atoms with Gasteiger partial charge in [-0.05, 0) is 29.2 Å². The first kappa shape index (κ1) is 14.8.